The van der Waals surface area contributed by atoms with Crippen molar-refractivity contribution in [3.8, 4) is 0 Å². The van der Waals surface area contributed by atoms with Crippen molar-refractivity contribution in [3.05, 3.63) is 71.0 Å². The van der Waals surface area contributed by atoms with E-state index in [9.17, 15) is 4.79 Å². The van der Waals surface area contributed by atoms with Crippen LogP contribution in [-0.4, -0.2) is 28.8 Å². The fourth-order valence-electron chi connectivity index (χ4n) is 4.28. The summed E-state index contributed by atoms with van der Waals surface area (Å²) in [5.74, 6) is 0.516. The van der Waals surface area contributed by atoms with Crippen molar-refractivity contribution in [2.75, 3.05) is 18.0 Å². The van der Waals surface area contributed by atoms with Gasteiger partial charge in [0.25, 0.3) is 0 Å². The smallest absolute Gasteiger partial charge is 0.186 e. The van der Waals surface area contributed by atoms with Gasteiger partial charge in [-0.25, -0.2) is 4.98 Å². The van der Waals surface area contributed by atoms with E-state index in [0.29, 0.717) is 25.4 Å². The van der Waals surface area contributed by atoms with E-state index in [1.807, 2.05) is 6.07 Å². The molecule has 0 aliphatic carbocycles. The lowest BCUT2D eigenvalue weighted by molar-refractivity contribution is 0.0962. The van der Waals surface area contributed by atoms with Crippen molar-refractivity contribution in [1.82, 2.24) is 9.97 Å². The predicted molar refractivity (Wildman–Crippen MR) is 130 cm³/mol. The Kier molecular flexibility index (Phi) is 6.56. The number of rotatable bonds is 10. The number of carbonyl (C=O) groups is 1. The fourth-order valence-corrected chi connectivity index (χ4v) is 5.15. The van der Waals surface area contributed by atoms with E-state index in [-0.39, 0.29) is 5.78 Å². The molecule has 1 aromatic carbocycles. The topological polar surface area (TPSA) is 75.0 Å². The molecule has 162 valence electrons. The van der Waals surface area contributed by atoms with Gasteiger partial charge >= 0.3 is 0 Å². The molecule has 4 rings (SSSR count). The van der Waals surface area contributed by atoms with Crippen LogP contribution in [0.1, 0.15) is 47.8 Å². The van der Waals surface area contributed by atoms with Crippen LogP contribution in [0.5, 0.6) is 0 Å². The second kappa shape index (κ2) is 9.52. The van der Waals surface area contributed by atoms with Crippen molar-refractivity contribution in [1.29, 1.82) is 0 Å². The quantitative estimate of drug-likeness (QED) is 0.415. The first kappa shape index (κ1) is 21.4. The van der Waals surface area contributed by atoms with Gasteiger partial charge in [0.05, 0.1) is 17.6 Å². The summed E-state index contributed by atoms with van der Waals surface area (Å²) in [6, 6.07) is 8.37. The summed E-state index contributed by atoms with van der Waals surface area (Å²) in [4.78, 5) is 23.8. The third kappa shape index (κ3) is 4.74. The molecular formula is C25H30N4OS. The van der Waals surface area contributed by atoms with Crippen LogP contribution in [0.15, 0.2) is 60.6 Å². The molecule has 6 heteroatoms. The summed E-state index contributed by atoms with van der Waals surface area (Å²) in [5.41, 5.74) is 10.4. The lowest BCUT2D eigenvalue weighted by atomic mass is 9.89. The highest BCUT2D eigenvalue weighted by atomic mass is 32.1. The molecule has 0 amide bonds. The molecule has 3 N–H and O–H groups in total. The molecule has 3 heterocycles. The Labute approximate surface area is 187 Å². The van der Waals surface area contributed by atoms with E-state index in [1.54, 1.807) is 12.3 Å². The maximum absolute atomic E-state index is 13.1. The van der Waals surface area contributed by atoms with Crippen molar-refractivity contribution in [2.24, 2.45) is 11.7 Å². The summed E-state index contributed by atoms with van der Waals surface area (Å²) >= 11 is 1.47. The van der Waals surface area contributed by atoms with E-state index in [2.05, 4.69) is 52.8 Å². The number of thiazole rings is 1. The van der Waals surface area contributed by atoms with Crippen LogP contribution in [0.25, 0.3) is 10.9 Å². The Morgan fingerprint density at radius 1 is 1.39 bits per heavy atom. The number of anilines is 1. The third-order valence-corrected chi connectivity index (χ3v) is 7.14. The number of unbranched alkanes of at least 4 members (excludes halogenated alkanes) is 1. The minimum atomic E-state index is 0.189. The maximum Gasteiger partial charge on any atom is 0.186 e. The van der Waals surface area contributed by atoms with Crippen molar-refractivity contribution in [3.63, 3.8) is 0 Å². The summed E-state index contributed by atoms with van der Waals surface area (Å²) in [6.45, 7) is 7.37. The van der Waals surface area contributed by atoms with Crippen molar-refractivity contribution < 1.29 is 4.79 Å². The number of Topliss-reactive ketones (excluding diaryl/α,β-unsaturated/α-hetero) is 1. The van der Waals surface area contributed by atoms with E-state index in [1.165, 1.54) is 22.3 Å². The van der Waals surface area contributed by atoms with Gasteiger partial charge in [-0.1, -0.05) is 62.0 Å². The molecule has 2 aromatic heterocycles. The van der Waals surface area contributed by atoms with Crippen LogP contribution in [0.3, 0.4) is 0 Å². The van der Waals surface area contributed by atoms with Gasteiger partial charge in [-0.05, 0) is 36.0 Å². The van der Waals surface area contributed by atoms with Gasteiger partial charge in [0, 0.05) is 35.8 Å². The SMILES string of the molecule is C=CC1=C(N)CN(c2ncc(C(=O)CC(CCCC)Cc3c[nH]c4ccccc34)s2)C1. The zero-order chi connectivity index (χ0) is 21.8. The standard InChI is InChI=1S/C25H30N4OS/c1-3-5-8-17(11-19-13-27-22-10-7-6-9-20(19)22)12-23(30)24-14-28-25(31-24)29-15-18(4-2)21(26)16-29/h4,6-7,9-10,13-14,17,27H,2-3,5,8,11-12,15-16,26H2,1H3. The van der Waals surface area contributed by atoms with E-state index in [4.69, 9.17) is 5.73 Å². The number of nitrogens with two attached hydrogens (primary N) is 1. The highest BCUT2D eigenvalue weighted by Crippen LogP contribution is 2.30. The molecule has 0 saturated heterocycles. The lowest BCUT2D eigenvalue weighted by Crippen LogP contribution is -2.21. The average Bonchev–Trinajstić information content (AvgIpc) is 3.50. The first-order valence-corrected chi connectivity index (χ1v) is 11.8. The number of benzene rings is 1. The van der Waals surface area contributed by atoms with Gasteiger partial charge in [-0.2, -0.15) is 0 Å². The normalized spacial score (nSPS) is 15.1. The predicted octanol–water partition coefficient (Wildman–Crippen LogP) is 5.47. The van der Waals surface area contributed by atoms with E-state index in [0.717, 1.165) is 52.5 Å². The zero-order valence-electron chi connectivity index (χ0n) is 18.1. The molecular weight excluding hydrogens is 404 g/mol. The highest BCUT2D eigenvalue weighted by Gasteiger charge is 2.23. The number of nitrogens with zero attached hydrogens (tertiary/aromatic N) is 2. The number of H-pyrrole nitrogens is 1. The number of aromatic nitrogens is 2. The van der Waals surface area contributed by atoms with Crippen LogP contribution in [-0.2, 0) is 6.42 Å². The number of fused-ring (bicyclic) bond motifs is 1. The Balaban J connectivity index is 1.44. The van der Waals surface area contributed by atoms with Gasteiger partial charge in [-0.15, -0.1) is 0 Å². The van der Waals surface area contributed by atoms with Gasteiger partial charge in [0.1, 0.15) is 0 Å². The fraction of sp³-hybridized carbons (Fsp3) is 0.360. The van der Waals surface area contributed by atoms with Gasteiger partial charge in [-0.3, -0.25) is 4.79 Å². The summed E-state index contributed by atoms with van der Waals surface area (Å²) in [5, 5.41) is 2.11. The zero-order valence-corrected chi connectivity index (χ0v) is 18.9. The average molecular weight is 435 g/mol. The molecule has 0 saturated carbocycles. The van der Waals surface area contributed by atoms with E-state index < -0.39 is 0 Å². The molecule has 3 aromatic rings. The first-order valence-electron chi connectivity index (χ1n) is 11.0. The minimum absolute atomic E-state index is 0.189. The molecule has 0 fully saturated rings. The highest BCUT2D eigenvalue weighted by molar-refractivity contribution is 7.17. The van der Waals surface area contributed by atoms with Crippen LogP contribution in [0.4, 0.5) is 5.13 Å². The molecule has 1 aliphatic rings. The number of ketones is 1. The molecule has 1 aliphatic heterocycles. The second-order valence-corrected chi connectivity index (χ2v) is 9.33. The number of hydrogen-bond donors (Lipinski definition) is 2. The number of para-hydroxylation sites is 1. The molecule has 5 nitrogen and oxygen atoms in total. The Bertz CT molecular complexity index is 1110. The summed E-state index contributed by atoms with van der Waals surface area (Å²) in [6.07, 6.45) is 10.4. The molecule has 1 unspecified atom stereocenters. The van der Waals surface area contributed by atoms with Crippen molar-refractivity contribution >= 4 is 33.2 Å². The Hall–Kier alpha value is -2.86. The molecule has 0 bridgehead atoms. The summed E-state index contributed by atoms with van der Waals surface area (Å²) < 4.78 is 0. The molecule has 31 heavy (non-hydrogen) atoms. The number of nitrogens with one attached hydrogen (secondary N) is 1. The third-order valence-electron chi connectivity index (χ3n) is 6.04. The van der Waals surface area contributed by atoms with Crippen LogP contribution in [0, 0.1) is 5.92 Å². The van der Waals surface area contributed by atoms with Gasteiger partial charge in [0.2, 0.25) is 0 Å². The monoisotopic (exact) mass is 434 g/mol. The molecule has 0 spiro atoms. The molecule has 0 radical (unpaired) electrons. The van der Waals surface area contributed by atoms with E-state index >= 15 is 0 Å². The lowest BCUT2D eigenvalue weighted by Gasteiger charge is -2.15. The van der Waals surface area contributed by atoms with Crippen molar-refractivity contribution in [2.45, 2.75) is 39.0 Å². The van der Waals surface area contributed by atoms with Gasteiger partial charge < -0.3 is 15.6 Å². The largest absolute Gasteiger partial charge is 0.400 e. The number of hydrogen-bond acceptors (Lipinski definition) is 5. The Morgan fingerprint density at radius 3 is 3.00 bits per heavy atom. The van der Waals surface area contributed by atoms with Crippen LogP contribution < -0.4 is 10.6 Å². The first-order chi connectivity index (χ1) is 15.1. The molecule has 1 atom stereocenters. The second-order valence-electron chi connectivity index (χ2n) is 8.32. The van der Waals surface area contributed by atoms with Gasteiger partial charge in [0.15, 0.2) is 10.9 Å². The number of aromatic amines is 1. The van der Waals surface area contributed by atoms with Crippen LogP contribution >= 0.6 is 11.3 Å². The maximum atomic E-state index is 13.1. The summed E-state index contributed by atoms with van der Waals surface area (Å²) in [7, 11) is 0. The minimum Gasteiger partial charge on any atom is -0.400 e. The number of carbonyl (C=O) groups excluding carboxylic acids is 1. The van der Waals surface area contributed by atoms with Crippen LogP contribution in [0.2, 0.25) is 0 Å². The Morgan fingerprint density at radius 2 is 2.23 bits per heavy atom.